The Bertz CT molecular complexity index is 1070. The first-order valence-electron chi connectivity index (χ1n) is 7.88. The van der Waals surface area contributed by atoms with Gasteiger partial charge < -0.3 is 0 Å². The normalized spacial score (nSPS) is 11.2. The lowest BCUT2D eigenvalue weighted by Gasteiger charge is -2.11. The van der Waals surface area contributed by atoms with Crippen LogP contribution in [0.2, 0.25) is 0 Å². The topological polar surface area (TPSA) is 102 Å². The minimum Gasteiger partial charge on any atom is -0.292 e. The van der Waals surface area contributed by atoms with Crippen LogP contribution < -0.4 is 10.9 Å². The Labute approximate surface area is 169 Å². The molecule has 3 aromatic rings. The lowest BCUT2D eigenvalue weighted by atomic mass is 10.1. The van der Waals surface area contributed by atoms with Crippen molar-refractivity contribution in [3.05, 3.63) is 80.6 Å². The number of nitro groups is 1. The van der Waals surface area contributed by atoms with E-state index >= 15 is 0 Å². The van der Waals surface area contributed by atoms with Crippen molar-refractivity contribution in [2.45, 2.75) is 6.18 Å². The fourth-order valence-corrected chi connectivity index (χ4v) is 2.60. The molecule has 0 aliphatic rings. The summed E-state index contributed by atoms with van der Waals surface area (Å²) in [5.74, 6) is -0.678. The monoisotopic (exact) mass is 469 g/mol. The molecule has 29 heavy (non-hydrogen) atoms. The van der Waals surface area contributed by atoms with Gasteiger partial charge in [-0.3, -0.25) is 25.8 Å². The van der Waals surface area contributed by atoms with Gasteiger partial charge in [-0.1, -0.05) is 15.9 Å². The number of halogens is 4. The van der Waals surface area contributed by atoms with Gasteiger partial charge >= 0.3 is 6.18 Å². The zero-order chi connectivity index (χ0) is 21.2. The molecule has 0 aliphatic heterocycles. The van der Waals surface area contributed by atoms with Crippen LogP contribution >= 0.6 is 15.9 Å². The van der Waals surface area contributed by atoms with E-state index in [0.29, 0.717) is 17.8 Å². The Morgan fingerprint density at radius 3 is 2.48 bits per heavy atom. The van der Waals surface area contributed by atoms with Gasteiger partial charge in [-0.2, -0.15) is 18.3 Å². The van der Waals surface area contributed by atoms with E-state index in [2.05, 4.69) is 31.9 Å². The van der Waals surface area contributed by atoms with Crippen LogP contribution in [0.25, 0.3) is 5.69 Å². The maximum absolute atomic E-state index is 12.7. The SMILES string of the molecule is O=C(NNc1ccc(C(F)(F)F)cc1[N+](=O)[O-])c1cnn(-c2ccc(Br)cc2)c1. The van der Waals surface area contributed by atoms with E-state index in [9.17, 15) is 28.1 Å². The van der Waals surface area contributed by atoms with E-state index in [-0.39, 0.29) is 11.3 Å². The Kier molecular flexibility index (Phi) is 5.55. The molecule has 0 fully saturated rings. The number of hydrogen-bond donors (Lipinski definition) is 2. The van der Waals surface area contributed by atoms with E-state index in [1.54, 1.807) is 24.3 Å². The summed E-state index contributed by atoms with van der Waals surface area (Å²) in [5.41, 5.74) is 3.02. The summed E-state index contributed by atoms with van der Waals surface area (Å²) >= 11 is 3.31. The van der Waals surface area contributed by atoms with Gasteiger partial charge in [0.25, 0.3) is 11.6 Å². The molecular weight excluding hydrogens is 459 g/mol. The molecule has 150 valence electrons. The van der Waals surface area contributed by atoms with Gasteiger partial charge in [-0.15, -0.1) is 0 Å². The summed E-state index contributed by atoms with van der Waals surface area (Å²) in [6, 6.07) is 9.05. The number of aromatic nitrogens is 2. The van der Waals surface area contributed by atoms with E-state index in [0.717, 1.165) is 10.5 Å². The molecule has 0 atom stereocenters. The Morgan fingerprint density at radius 2 is 1.86 bits per heavy atom. The Balaban J connectivity index is 1.74. The maximum atomic E-state index is 12.7. The van der Waals surface area contributed by atoms with Gasteiger partial charge in [0.2, 0.25) is 0 Å². The minimum absolute atomic E-state index is 0.134. The van der Waals surface area contributed by atoms with Crippen LogP contribution in [-0.2, 0) is 6.18 Å². The number of alkyl halides is 3. The third-order valence-electron chi connectivity index (χ3n) is 3.77. The smallest absolute Gasteiger partial charge is 0.292 e. The summed E-state index contributed by atoms with van der Waals surface area (Å²) in [7, 11) is 0. The zero-order valence-electron chi connectivity index (χ0n) is 14.3. The summed E-state index contributed by atoms with van der Waals surface area (Å²) in [4.78, 5) is 22.3. The summed E-state index contributed by atoms with van der Waals surface area (Å²) in [6.07, 6.45) is -2.02. The van der Waals surface area contributed by atoms with E-state index in [1.807, 2.05) is 0 Å². The Hall–Kier alpha value is -3.41. The number of anilines is 1. The van der Waals surface area contributed by atoms with E-state index in [1.165, 1.54) is 17.1 Å². The number of nitrogens with one attached hydrogen (secondary N) is 2. The van der Waals surface area contributed by atoms with Gasteiger partial charge in [0.15, 0.2) is 0 Å². The average molecular weight is 470 g/mol. The molecule has 2 aromatic carbocycles. The molecule has 0 unspecified atom stereocenters. The summed E-state index contributed by atoms with van der Waals surface area (Å²) in [5, 5.41) is 15.1. The molecule has 3 rings (SSSR count). The molecule has 8 nitrogen and oxygen atoms in total. The molecule has 12 heteroatoms. The second-order valence-electron chi connectivity index (χ2n) is 5.72. The number of nitrogens with zero attached hydrogens (tertiary/aromatic N) is 3. The van der Waals surface area contributed by atoms with Crippen molar-refractivity contribution in [3.8, 4) is 5.69 Å². The fourth-order valence-electron chi connectivity index (χ4n) is 2.34. The number of carbonyl (C=O) groups excluding carboxylic acids is 1. The first-order valence-corrected chi connectivity index (χ1v) is 8.67. The van der Waals surface area contributed by atoms with Gasteiger partial charge in [0.1, 0.15) is 5.69 Å². The molecule has 0 aliphatic carbocycles. The van der Waals surface area contributed by atoms with Crippen LogP contribution in [0.3, 0.4) is 0 Å². The van der Waals surface area contributed by atoms with Crippen molar-refractivity contribution in [1.29, 1.82) is 0 Å². The Morgan fingerprint density at radius 1 is 1.17 bits per heavy atom. The van der Waals surface area contributed by atoms with Gasteiger partial charge in [0, 0.05) is 16.7 Å². The van der Waals surface area contributed by atoms with Crippen molar-refractivity contribution < 1.29 is 22.9 Å². The number of amides is 1. The highest BCUT2D eigenvalue weighted by Gasteiger charge is 2.33. The molecule has 0 radical (unpaired) electrons. The largest absolute Gasteiger partial charge is 0.416 e. The molecular formula is C17H11BrF3N5O3. The second kappa shape index (κ2) is 7.91. The van der Waals surface area contributed by atoms with Crippen LogP contribution in [0.15, 0.2) is 59.3 Å². The summed E-state index contributed by atoms with van der Waals surface area (Å²) in [6.45, 7) is 0. The molecule has 0 bridgehead atoms. The molecule has 0 spiro atoms. The summed E-state index contributed by atoms with van der Waals surface area (Å²) < 4.78 is 40.5. The molecule has 2 N–H and O–H groups in total. The highest BCUT2D eigenvalue weighted by Crippen LogP contribution is 2.34. The molecule has 1 aromatic heterocycles. The van der Waals surface area contributed by atoms with Crippen LogP contribution in [0.4, 0.5) is 24.5 Å². The second-order valence-corrected chi connectivity index (χ2v) is 6.63. The molecule has 1 heterocycles. The van der Waals surface area contributed by atoms with Crippen molar-refractivity contribution in [1.82, 2.24) is 15.2 Å². The number of hydrogen-bond acceptors (Lipinski definition) is 5. The number of rotatable bonds is 5. The number of nitro benzene ring substituents is 1. The zero-order valence-corrected chi connectivity index (χ0v) is 15.9. The predicted molar refractivity (Wildman–Crippen MR) is 100 cm³/mol. The third kappa shape index (κ3) is 4.71. The maximum Gasteiger partial charge on any atom is 0.416 e. The molecule has 0 saturated heterocycles. The predicted octanol–water partition coefficient (Wildman–Crippen LogP) is 4.32. The standard InChI is InChI=1S/C17H11BrF3N5O3/c18-12-2-4-13(5-3-12)25-9-10(8-22-25)16(27)24-23-14-6-1-11(17(19,20)21)7-15(14)26(28)29/h1-9,23H,(H,24,27). The lowest BCUT2D eigenvalue weighted by molar-refractivity contribution is -0.384. The molecule has 1 amide bonds. The van der Waals surface area contributed by atoms with Crippen LogP contribution in [0.1, 0.15) is 15.9 Å². The average Bonchev–Trinajstić information content (AvgIpc) is 3.16. The van der Waals surface area contributed by atoms with Crippen molar-refractivity contribution in [3.63, 3.8) is 0 Å². The lowest BCUT2D eigenvalue weighted by Crippen LogP contribution is -2.29. The van der Waals surface area contributed by atoms with Crippen LogP contribution in [-0.4, -0.2) is 20.6 Å². The first kappa shape index (κ1) is 20.3. The van der Waals surface area contributed by atoms with Crippen LogP contribution in [0, 0.1) is 10.1 Å². The van der Waals surface area contributed by atoms with Crippen molar-refractivity contribution in [2.24, 2.45) is 0 Å². The van der Waals surface area contributed by atoms with Crippen molar-refractivity contribution in [2.75, 3.05) is 5.43 Å². The quantitative estimate of drug-likeness (QED) is 0.427. The first-order chi connectivity index (χ1) is 13.6. The van der Waals surface area contributed by atoms with Crippen LogP contribution in [0.5, 0.6) is 0 Å². The number of benzene rings is 2. The highest BCUT2D eigenvalue weighted by molar-refractivity contribution is 9.10. The third-order valence-corrected chi connectivity index (χ3v) is 4.30. The van der Waals surface area contributed by atoms with Crippen molar-refractivity contribution >= 4 is 33.2 Å². The van der Waals surface area contributed by atoms with E-state index < -0.39 is 28.3 Å². The number of carbonyl (C=O) groups is 1. The fraction of sp³-hybridized carbons (Fsp3) is 0.0588. The highest BCUT2D eigenvalue weighted by atomic mass is 79.9. The number of hydrazine groups is 1. The van der Waals surface area contributed by atoms with Gasteiger partial charge in [0.05, 0.1) is 27.9 Å². The molecule has 0 saturated carbocycles. The van der Waals surface area contributed by atoms with E-state index in [4.69, 9.17) is 0 Å². The van der Waals surface area contributed by atoms with Gasteiger partial charge in [-0.25, -0.2) is 4.68 Å². The minimum atomic E-state index is -4.73. The van der Waals surface area contributed by atoms with Gasteiger partial charge in [-0.05, 0) is 36.4 Å².